The molecule has 8 heteroatoms. The second-order valence-corrected chi connectivity index (χ2v) is 4.04. The van der Waals surface area contributed by atoms with Gasteiger partial charge >= 0.3 is 11.9 Å². The molecule has 0 amide bonds. The number of H-pyrrole nitrogens is 1. The fraction of sp³-hybridized carbons (Fsp3) is 0.333. The van der Waals surface area contributed by atoms with Gasteiger partial charge in [0.2, 0.25) is 0 Å². The molecule has 3 N–H and O–H groups in total. The minimum Gasteiger partial charge on any atom is -0.477 e. The van der Waals surface area contributed by atoms with Crippen LogP contribution in [0, 0.1) is 6.92 Å². The van der Waals surface area contributed by atoms with Crippen molar-refractivity contribution in [2.75, 3.05) is 0 Å². The molecular weight excluding hydrogens is 264 g/mol. The molecule has 0 aliphatic rings. The van der Waals surface area contributed by atoms with Crippen molar-refractivity contribution in [2.45, 2.75) is 20.3 Å². The van der Waals surface area contributed by atoms with Gasteiger partial charge in [0.25, 0.3) is 0 Å². The molecule has 2 heterocycles. The lowest BCUT2D eigenvalue weighted by molar-refractivity contribution is 0.0676. The normalized spacial score (nSPS) is 9.75. The Morgan fingerprint density at radius 2 is 1.95 bits per heavy atom. The van der Waals surface area contributed by atoms with Crippen LogP contribution in [0.25, 0.3) is 0 Å². The lowest BCUT2D eigenvalue weighted by Gasteiger charge is -1.91. The van der Waals surface area contributed by atoms with Gasteiger partial charge in [-0.15, -0.1) is 0 Å². The quantitative estimate of drug-likeness (QED) is 0.774. The van der Waals surface area contributed by atoms with Gasteiger partial charge in [-0.3, -0.25) is 9.78 Å². The summed E-state index contributed by atoms with van der Waals surface area (Å²) in [7, 11) is 1.63. The van der Waals surface area contributed by atoms with Gasteiger partial charge < -0.3 is 10.2 Å². The molecule has 2 rings (SSSR count). The topological polar surface area (TPSA) is 121 Å². The van der Waals surface area contributed by atoms with E-state index < -0.39 is 11.9 Å². The molecule has 0 saturated heterocycles. The number of rotatable bonds is 3. The number of aromatic amines is 1. The molecule has 8 nitrogen and oxygen atoms in total. The number of hydrogen-bond donors (Lipinski definition) is 3. The molecule has 108 valence electrons. The van der Waals surface area contributed by atoms with Crippen LogP contribution in [0.1, 0.15) is 39.3 Å². The van der Waals surface area contributed by atoms with Crippen LogP contribution < -0.4 is 0 Å². The van der Waals surface area contributed by atoms with Gasteiger partial charge in [-0.2, -0.15) is 10.2 Å². The van der Waals surface area contributed by atoms with Gasteiger partial charge in [-0.1, -0.05) is 6.92 Å². The van der Waals surface area contributed by atoms with Crippen molar-refractivity contribution in [2.24, 2.45) is 7.05 Å². The highest BCUT2D eigenvalue weighted by molar-refractivity contribution is 5.85. The molecule has 0 bridgehead atoms. The molecule has 0 atom stereocenters. The smallest absolute Gasteiger partial charge is 0.356 e. The van der Waals surface area contributed by atoms with Crippen LogP contribution in [0.15, 0.2) is 12.1 Å². The first kappa shape index (κ1) is 15.4. The standard InChI is InChI=1S/C7H10N2O2.C5H6N2O2/c1-3-5-4-6(7(10)11)9(2)8-5;1-3-2-4(5(8)9)7-6-3/h4H,3H2,1-2H3,(H,10,11);2H,1H3,(H,6,7)(H,8,9). The lowest BCUT2D eigenvalue weighted by atomic mass is 10.3. The summed E-state index contributed by atoms with van der Waals surface area (Å²) in [6.07, 6.45) is 0.765. The Hall–Kier alpha value is -2.64. The first-order valence-corrected chi connectivity index (χ1v) is 5.86. The first-order chi connectivity index (χ1) is 9.35. The Labute approximate surface area is 115 Å². The fourth-order valence-electron chi connectivity index (χ4n) is 1.43. The minimum atomic E-state index is -1.00. The number of aromatic nitrogens is 4. The Kier molecular flexibility index (Phi) is 5.01. The van der Waals surface area contributed by atoms with E-state index in [9.17, 15) is 9.59 Å². The zero-order chi connectivity index (χ0) is 15.3. The maximum Gasteiger partial charge on any atom is 0.356 e. The number of aromatic carboxylic acids is 2. The summed E-state index contributed by atoms with van der Waals surface area (Å²) in [4.78, 5) is 20.6. The average Bonchev–Trinajstić information content (AvgIpc) is 2.96. The van der Waals surface area contributed by atoms with Gasteiger partial charge in [0.15, 0.2) is 5.69 Å². The predicted molar refractivity (Wildman–Crippen MR) is 69.8 cm³/mol. The van der Waals surface area contributed by atoms with Crippen molar-refractivity contribution in [1.82, 2.24) is 20.0 Å². The minimum absolute atomic E-state index is 0.0625. The van der Waals surface area contributed by atoms with Crippen LogP contribution in [0.3, 0.4) is 0 Å². The number of carboxylic acid groups (broad SMARTS) is 2. The summed E-state index contributed by atoms with van der Waals surface area (Å²) in [5.41, 5.74) is 1.87. The summed E-state index contributed by atoms with van der Waals surface area (Å²) >= 11 is 0. The molecule has 20 heavy (non-hydrogen) atoms. The molecule has 0 aliphatic heterocycles. The zero-order valence-corrected chi connectivity index (χ0v) is 11.4. The summed E-state index contributed by atoms with van der Waals surface area (Å²) in [6.45, 7) is 3.69. The van der Waals surface area contributed by atoms with Crippen LogP contribution in [-0.2, 0) is 13.5 Å². The van der Waals surface area contributed by atoms with E-state index in [1.54, 1.807) is 20.0 Å². The largest absolute Gasteiger partial charge is 0.477 e. The summed E-state index contributed by atoms with van der Waals surface area (Å²) in [6, 6.07) is 3.06. The number of nitrogens with one attached hydrogen (secondary N) is 1. The number of hydrogen-bond acceptors (Lipinski definition) is 4. The van der Waals surface area contributed by atoms with Crippen LogP contribution >= 0.6 is 0 Å². The van der Waals surface area contributed by atoms with E-state index in [0.29, 0.717) is 0 Å². The van der Waals surface area contributed by atoms with Crippen molar-refractivity contribution < 1.29 is 19.8 Å². The third-order valence-corrected chi connectivity index (χ3v) is 2.44. The summed E-state index contributed by atoms with van der Waals surface area (Å²) in [5.74, 6) is -1.93. The monoisotopic (exact) mass is 280 g/mol. The molecule has 2 aromatic rings. The molecule has 0 aromatic carbocycles. The van der Waals surface area contributed by atoms with Crippen molar-refractivity contribution in [1.29, 1.82) is 0 Å². The van der Waals surface area contributed by atoms with Crippen molar-refractivity contribution in [3.8, 4) is 0 Å². The van der Waals surface area contributed by atoms with E-state index >= 15 is 0 Å². The highest BCUT2D eigenvalue weighted by Gasteiger charge is 2.09. The zero-order valence-electron chi connectivity index (χ0n) is 11.4. The molecule has 0 radical (unpaired) electrons. The van der Waals surface area contributed by atoms with Gasteiger partial charge in [0, 0.05) is 12.7 Å². The fourth-order valence-corrected chi connectivity index (χ4v) is 1.43. The van der Waals surface area contributed by atoms with E-state index in [0.717, 1.165) is 17.8 Å². The SMILES string of the molecule is CCc1cc(C(=O)O)n(C)n1.Cc1cc(C(=O)O)n[nH]1. The molecule has 0 saturated carbocycles. The molecule has 0 unspecified atom stereocenters. The maximum absolute atomic E-state index is 10.5. The van der Waals surface area contributed by atoms with Gasteiger partial charge in [-0.25, -0.2) is 9.59 Å². The number of aryl methyl sites for hydroxylation is 3. The van der Waals surface area contributed by atoms with E-state index in [1.807, 2.05) is 6.92 Å². The second-order valence-electron chi connectivity index (χ2n) is 4.04. The molecule has 0 aliphatic carbocycles. The van der Waals surface area contributed by atoms with Crippen molar-refractivity contribution >= 4 is 11.9 Å². The number of carbonyl (C=O) groups is 2. The Bertz CT molecular complexity index is 615. The van der Waals surface area contributed by atoms with Crippen molar-refractivity contribution in [3.63, 3.8) is 0 Å². The predicted octanol–water partition coefficient (Wildman–Crippen LogP) is 1.10. The van der Waals surface area contributed by atoms with Crippen LogP contribution in [0.4, 0.5) is 0 Å². The average molecular weight is 280 g/mol. The number of carboxylic acids is 2. The molecular formula is C12H16N4O4. The third-order valence-electron chi connectivity index (χ3n) is 2.44. The van der Waals surface area contributed by atoms with Gasteiger partial charge in [0.1, 0.15) is 5.69 Å². The van der Waals surface area contributed by atoms with Gasteiger partial charge in [0.05, 0.1) is 5.69 Å². The van der Waals surface area contributed by atoms with Crippen LogP contribution in [0.5, 0.6) is 0 Å². The second kappa shape index (κ2) is 6.50. The van der Waals surface area contributed by atoms with E-state index in [4.69, 9.17) is 10.2 Å². The van der Waals surface area contributed by atoms with E-state index in [-0.39, 0.29) is 11.4 Å². The molecule has 0 spiro atoms. The summed E-state index contributed by atoms with van der Waals surface area (Å²) in [5, 5.41) is 26.9. The van der Waals surface area contributed by atoms with Crippen LogP contribution in [0.2, 0.25) is 0 Å². The molecule has 0 fully saturated rings. The van der Waals surface area contributed by atoms with E-state index in [1.165, 1.54) is 10.7 Å². The van der Waals surface area contributed by atoms with Gasteiger partial charge in [-0.05, 0) is 25.5 Å². The van der Waals surface area contributed by atoms with Crippen LogP contribution in [-0.4, -0.2) is 42.1 Å². The third kappa shape index (κ3) is 3.94. The Balaban J connectivity index is 0.000000204. The highest BCUT2D eigenvalue weighted by Crippen LogP contribution is 2.02. The maximum atomic E-state index is 10.5. The Morgan fingerprint density at radius 1 is 1.30 bits per heavy atom. The first-order valence-electron chi connectivity index (χ1n) is 5.86. The summed E-state index contributed by atoms with van der Waals surface area (Å²) < 4.78 is 1.38. The highest BCUT2D eigenvalue weighted by atomic mass is 16.4. The number of nitrogens with zero attached hydrogens (tertiary/aromatic N) is 3. The molecule has 2 aromatic heterocycles. The Morgan fingerprint density at radius 3 is 2.20 bits per heavy atom. The van der Waals surface area contributed by atoms with Crippen molar-refractivity contribution in [3.05, 3.63) is 34.9 Å². The lowest BCUT2D eigenvalue weighted by Crippen LogP contribution is -2.04. The van der Waals surface area contributed by atoms with E-state index in [2.05, 4.69) is 15.3 Å².